The maximum absolute atomic E-state index is 5.86. The molecule has 0 aliphatic heterocycles. The molecule has 2 rings (SSSR count). The van der Waals surface area contributed by atoms with Gasteiger partial charge in [0.05, 0.1) is 7.11 Å². The van der Waals surface area contributed by atoms with Gasteiger partial charge in [0.15, 0.2) is 0 Å². The standard InChI is InChI=1S/C12H17NO/c1-8(13)11-7-12(11)9-3-5-10(14-2)6-4-9/h3-6,8,11-12H,7,13H2,1-2H3/t8-,11+,12+/m1/s1. The van der Waals surface area contributed by atoms with E-state index in [2.05, 4.69) is 19.1 Å². The number of ether oxygens (including phenoxy) is 1. The molecule has 2 nitrogen and oxygen atoms in total. The van der Waals surface area contributed by atoms with Gasteiger partial charge in [-0.15, -0.1) is 0 Å². The lowest BCUT2D eigenvalue weighted by molar-refractivity contribution is 0.414. The van der Waals surface area contributed by atoms with Crippen LogP contribution in [-0.4, -0.2) is 13.2 Å². The fourth-order valence-electron chi connectivity index (χ4n) is 2.03. The van der Waals surface area contributed by atoms with Crippen LogP contribution in [0.3, 0.4) is 0 Å². The molecule has 14 heavy (non-hydrogen) atoms. The summed E-state index contributed by atoms with van der Waals surface area (Å²) in [6.45, 7) is 2.09. The summed E-state index contributed by atoms with van der Waals surface area (Å²) in [5, 5.41) is 0. The van der Waals surface area contributed by atoms with E-state index in [0.29, 0.717) is 17.9 Å². The molecule has 0 spiro atoms. The molecule has 0 radical (unpaired) electrons. The number of hydrogen-bond donors (Lipinski definition) is 1. The monoisotopic (exact) mass is 191 g/mol. The van der Waals surface area contributed by atoms with Gasteiger partial charge in [0.1, 0.15) is 5.75 Å². The Morgan fingerprint density at radius 1 is 1.36 bits per heavy atom. The molecule has 2 heteroatoms. The topological polar surface area (TPSA) is 35.2 Å². The van der Waals surface area contributed by atoms with Gasteiger partial charge in [0.25, 0.3) is 0 Å². The summed E-state index contributed by atoms with van der Waals surface area (Å²) < 4.78 is 5.12. The largest absolute Gasteiger partial charge is 0.497 e. The Hall–Kier alpha value is -1.02. The van der Waals surface area contributed by atoms with Gasteiger partial charge in [0.2, 0.25) is 0 Å². The maximum Gasteiger partial charge on any atom is 0.118 e. The first-order valence-electron chi connectivity index (χ1n) is 5.12. The van der Waals surface area contributed by atoms with E-state index in [4.69, 9.17) is 10.5 Å². The first-order chi connectivity index (χ1) is 6.72. The van der Waals surface area contributed by atoms with Crippen LogP contribution < -0.4 is 10.5 Å². The van der Waals surface area contributed by atoms with E-state index in [0.717, 1.165) is 5.75 Å². The Labute approximate surface area is 85.1 Å². The van der Waals surface area contributed by atoms with Gasteiger partial charge in [-0.05, 0) is 42.9 Å². The van der Waals surface area contributed by atoms with Crippen LogP contribution in [0.25, 0.3) is 0 Å². The van der Waals surface area contributed by atoms with Crippen molar-refractivity contribution >= 4 is 0 Å². The molecule has 0 unspecified atom stereocenters. The third-order valence-electron chi connectivity index (χ3n) is 3.06. The predicted octanol–water partition coefficient (Wildman–Crippen LogP) is 2.15. The Kier molecular flexibility index (Phi) is 2.46. The van der Waals surface area contributed by atoms with Crippen molar-refractivity contribution < 1.29 is 4.74 Å². The van der Waals surface area contributed by atoms with Crippen LogP contribution >= 0.6 is 0 Å². The summed E-state index contributed by atoms with van der Waals surface area (Å²) in [6.07, 6.45) is 1.24. The molecule has 2 N–H and O–H groups in total. The summed E-state index contributed by atoms with van der Waals surface area (Å²) in [6, 6.07) is 8.65. The highest BCUT2D eigenvalue weighted by molar-refractivity contribution is 5.32. The van der Waals surface area contributed by atoms with Gasteiger partial charge < -0.3 is 10.5 Å². The average Bonchev–Trinajstić information content (AvgIpc) is 2.97. The second kappa shape index (κ2) is 3.62. The number of rotatable bonds is 3. The van der Waals surface area contributed by atoms with Gasteiger partial charge >= 0.3 is 0 Å². The second-order valence-electron chi connectivity index (χ2n) is 4.14. The van der Waals surface area contributed by atoms with Crippen LogP contribution in [0.5, 0.6) is 5.75 Å². The molecule has 0 heterocycles. The van der Waals surface area contributed by atoms with E-state index in [9.17, 15) is 0 Å². The highest BCUT2D eigenvalue weighted by atomic mass is 16.5. The molecular weight excluding hydrogens is 174 g/mol. The normalized spacial score (nSPS) is 27.1. The molecular formula is C12H17NO. The zero-order chi connectivity index (χ0) is 10.1. The molecule has 76 valence electrons. The minimum absolute atomic E-state index is 0.321. The minimum atomic E-state index is 0.321. The van der Waals surface area contributed by atoms with Gasteiger partial charge in [-0.3, -0.25) is 0 Å². The van der Waals surface area contributed by atoms with E-state index in [1.807, 2.05) is 12.1 Å². The molecule has 1 fully saturated rings. The molecule has 1 aliphatic rings. The van der Waals surface area contributed by atoms with Crippen molar-refractivity contribution in [2.24, 2.45) is 11.7 Å². The fraction of sp³-hybridized carbons (Fsp3) is 0.500. The molecule has 1 aromatic carbocycles. The molecule has 3 atom stereocenters. The van der Waals surface area contributed by atoms with E-state index >= 15 is 0 Å². The molecule has 0 bridgehead atoms. The first-order valence-corrected chi connectivity index (χ1v) is 5.12. The highest BCUT2D eigenvalue weighted by Gasteiger charge is 2.40. The second-order valence-corrected chi connectivity index (χ2v) is 4.14. The summed E-state index contributed by atoms with van der Waals surface area (Å²) in [5.41, 5.74) is 7.25. The van der Waals surface area contributed by atoms with Gasteiger partial charge in [-0.1, -0.05) is 12.1 Å². The Bertz CT molecular complexity index is 305. The minimum Gasteiger partial charge on any atom is -0.497 e. The number of hydrogen-bond acceptors (Lipinski definition) is 2. The third kappa shape index (κ3) is 1.75. The average molecular weight is 191 g/mol. The molecule has 1 aromatic rings. The van der Waals surface area contributed by atoms with Crippen molar-refractivity contribution in [1.29, 1.82) is 0 Å². The van der Waals surface area contributed by atoms with Gasteiger partial charge in [-0.2, -0.15) is 0 Å². The highest BCUT2D eigenvalue weighted by Crippen LogP contribution is 2.49. The lowest BCUT2D eigenvalue weighted by Crippen LogP contribution is -2.17. The zero-order valence-electron chi connectivity index (χ0n) is 8.73. The third-order valence-corrected chi connectivity index (χ3v) is 3.06. The van der Waals surface area contributed by atoms with E-state index < -0.39 is 0 Å². The lowest BCUT2D eigenvalue weighted by Gasteiger charge is -2.05. The van der Waals surface area contributed by atoms with Crippen molar-refractivity contribution in [1.82, 2.24) is 0 Å². The van der Waals surface area contributed by atoms with Crippen LogP contribution in [0.1, 0.15) is 24.8 Å². The summed E-state index contributed by atoms with van der Waals surface area (Å²) in [4.78, 5) is 0. The Morgan fingerprint density at radius 3 is 2.43 bits per heavy atom. The lowest BCUT2D eigenvalue weighted by atomic mass is 10.1. The molecule has 1 saturated carbocycles. The first kappa shape index (κ1) is 9.53. The van der Waals surface area contributed by atoms with Crippen LogP contribution in [0, 0.1) is 5.92 Å². The van der Waals surface area contributed by atoms with Crippen molar-refractivity contribution in [2.75, 3.05) is 7.11 Å². The van der Waals surface area contributed by atoms with Crippen molar-refractivity contribution in [2.45, 2.75) is 25.3 Å². The maximum atomic E-state index is 5.86. The van der Waals surface area contributed by atoms with E-state index in [-0.39, 0.29) is 0 Å². The van der Waals surface area contributed by atoms with Crippen LogP contribution in [0.4, 0.5) is 0 Å². The van der Waals surface area contributed by atoms with E-state index in [1.165, 1.54) is 12.0 Å². The van der Waals surface area contributed by atoms with Crippen molar-refractivity contribution in [3.63, 3.8) is 0 Å². The Morgan fingerprint density at radius 2 is 2.00 bits per heavy atom. The van der Waals surface area contributed by atoms with E-state index in [1.54, 1.807) is 7.11 Å². The molecule has 0 amide bonds. The zero-order valence-corrected chi connectivity index (χ0v) is 8.73. The van der Waals surface area contributed by atoms with Gasteiger partial charge in [0, 0.05) is 6.04 Å². The summed E-state index contributed by atoms with van der Waals surface area (Å²) in [5.74, 6) is 2.29. The predicted molar refractivity (Wildman–Crippen MR) is 57.5 cm³/mol. The fourth-order valence-corrected chi connectivity index (χ4v) is 2.03. The number of methoxy groups -OCH3 is 1. The number of nitrogens with two attached hydrogens (primary N) is 1. The molecule has 0 saturated heterocycles. The van der Waals surface area contributed by atoms with Crippen LogP contribution in [0.2, 0.25) is 0 Å². The van der Waals surface area contributed by atoms with Crippen molar-refractivity contribution in [3.05, 3.63) is 29.8 Å². The van der Waals surface area contributed by atoms with Crippen LogP contribution in [0.15, 0.2) is 24.3 Å². The van der Waals surface area contributed by atoms with Crippen molar-refractivity contribution in [3.8, 4) is 5.75 Å². The van der Waals surface area contributed by atoms with Gasteiger partial charge in [-0.25, -0.2) is 0 Å². The summed E-state index contributed by atoms with van der Waals surface area (Å²) >= 11 is 0. The SMILES string of the molecule is COc1ccc([C@@H]2C[C@H]2[C@@H](C)N)cc1. The summed E-state index contributed by atoms with van der Waals surface area (Å²) in [7, 11) is 1.69. The number of benzene rings is 1. The quantitative estimate of drug-likeness (QED) is 0.794. The molecule has 0 aromatic heterocycles. The van der Waals surface area contributed by atoms with Crippen LogP contribution in [-0.2, 0) is 0 Å². The molecule has 1 aliphatic carbocycles. The smallest absolute Gasteiger partial charge is 0.118 e. The Balaban J connectivity index is 2.05.